The fourth-order valence-electron chi connectivity index (χ4n) is 4.52. The van der Waals surface area contributed by atoms with Gasteiger partial charge < -0.3 is 9.64 Å². The van der Waals surface area contributed by atoms with Crippen LogP contribution in [-0.4, -0.2) is 52.5 Å². The minimum Gasteiger partial charge on any atom is -0.378 e. The fourth-order valence-corrected chi connectivity index (χ4v) is 5.77. The first-order valence-electron chi connectivity index (χ1n) is 12.1. The molecule has 0 radical (unpaired) electrons. The van der Waals surface area contributed by atoms with Crippen LogP contribution >= 0.6 is 24.0 Å². The van der Waals surface area contributed by atoms with Gasteiger partial charge in [-0.05, 0) is 37.8 Å². The lowest BCUT2D eigenvalue weighted by atomic mass is 9.99. The van der Waals surface area contributed by atoms with Crippen molar-refractivity contribution in [1.82, 2.24) is 9.47 Å². The van der Waals surface area contributed by atoms with Gasteiger partial charge in [-0.15, -0.1) is 0 Å². The molecule has 1 atom stereocenters. The van der Waals surface area contributed by atoms with Crippen LogP contribution in [0.2, 0.25) is 0 Å². The number of morpholine rings is 1. The number of thiocarbonyl (C=S) groups is 1. The highest BCUT2D eigenvalue weighted by atomic mass is 32.2. The van der Waals surface area contributed by atoms with E-state index in [1.54, 1.807) is 16.4 Å². The SMILES string of the molecule is CCCCC(CC)CN1C(=O)/C(=C/c2c(C)c(C#N)c(=O)n(CC)c2N2CCOCC2)SC1=S. The molecule has 1 aromatic rings. The Balaban J connectivity index is 2.06. The smallest absolute Gasteiger partial charge is 0.270 e. The van der Waals surface area contributed by atoms with Crippen LogP contribution < -0.4 is 10.5 Å². The molecule has 2 aliphatic heterocycles. The molecule has 2 saturated heterocycles. The topological polar surface area (TPSA) is 78.6 Å². The second-order valence-electron chi connectivity index (χ2n) is 8.71. The Morgan fingerprint density at radius 1 is 1.24 bits per heavy atom. The molecule has 9 heteroatoms. The number of ether oxygens (including phenoxy) is 1. The highest BCUT2D eigenvalue weighted by Crippen LogP contribution is 2.36. The molecule has 1 unspecified atom stereocenters. The molecular formula is C25H34N4O3S2. The highest BCUT2D eigenvalue weighted by Gasteiger charge is 2.34. The molecule has 1 aromatic heterocycles. The van der Waals surface area contributed by atoms with Crippen LogP contribution in [0.4, 0.5) is 5.82 Å². The van der Waals surface area contributed by atoms with Crippen LogP contribution in [-0.2, 0) is 16.1 Å². The summed E-state index contributed by atoms with van der Waals surface area (Å²) < 4.78 is 7.73. The monoisotopic (exact) mass is 502 g/mol. The fraction of sp³-hybridized carbons (Fsp3) is 0.600. The number of carbonyl (C=O) groups is 1. The number of hydrogen-bond acceptors (Lipinski definition) is 7. The molecule has 184 valence electrons. The third-order valence-corrected chi connectivity index (χ3v) is 7.98. The third-order valence-electron chi connectivity index (χ3n) is 6.61. The second-order valence-corrected chi connectivity index (χ2v) is 10.4. The van der Waals surface area contributed by atoms with E-state index in [9.17, 15) is 14.9 Å². The summed E-state index contributed by atoms with van der Waals surface area (Å²) in [6.45, 7) is 11.5. The maximum absolute atomic E-state index is 13.4. The van der Waals surface area contributed by atoms with E-state index >= 15 is 0 Å². The molecule has 0 saturated carbocycles. The molecule has 34 heavy (non-hydrogen) atoms. The molecule has 7 nitrogen and oxygen atoms in total. The van der Waals surface area contributed by atoms with Crippen molar-refractivity contribution in [3.63, 3.8) is 0 Å². The van der Waals surface area contributed by atoms with Crippen molar-refractivity contribution in [2.24, 2.45) is 5.92 Å². The van der Waals surface area contributed by atoms with E-state index in [2.05, 4.69) is 24.8 Å². The molecule has 0 N–H and O–H groups in total. The molecular weight excluding hydrogens is 468 g/mol. The van der Waals surface area contributed by atoms with E-state index in [0.29, 0.717) is 60.1 Å². The van der Waals surface area contributed by atoms with E-state index in [1.807, 2.05) is 13.0 Å². The summed E-state index contributed by atoms with van der Waals surface area (Å²) in [7, 11) is 0. The Kier molecular flexibility index (Phi) is 9.34. The first-order valence-corrected chi connectivity index (χ1v) is 13.4. The van der Waals surface area contributed by atoms with Crippen molar-refractivity contribution in [2.45, 2.75) is 59.9 Å². The Morgan fingerprint density at radius 2 is 1.94 bits per heavy atom. The van der Waals surface area contributed by atoms with Crippen molar-refractivity contribution in [3.05, 3.63) is 31.9 Å². The largest absolute Gasteiger partial charge is 0.378 e. The Labute approximate surface area is 211 Å². The van der Waals surface area contributed by atoms with Crippen LogP contribution in [0.1, 0.15) is 63.1 Å². The normalized spacial score (nSPS) is 18.6. The van der Waals surface area contributed by atoms with Gasteiger partial charge in [-0.2, -0.15) is 5.26 Å². The van der Waals surface area contributed by atoms with Crippen molar-refractivity contribution in [3.8, 4) is 6.07 Å². The summed E-state index contributed by atoms with van der Waals surface area (Å²) in [5.74, 6) is 1.07. The van der Waals surface area contributed by atoms with Crippen LogP contribution in [0.3, 0.4) is 0 Å². The number of thioether (sulfide) groups is 1. The van der Waals surface area contributed by atoms with Crippen LogP contribution in [0, 0.1) is 24.2 Å². The van der Waals surface area contributed by atoms with Gasteiger partial charge in [-0.25, -0.2) is 0 Å². The quantitative estimate of drug-likeness (QED) is 0.368. The number of carbonyl (C=O) groups excluding carboxylic acids is 1. The molecule has 1 amide bonds. The standard InChI is InChI=1S/C25H34N4O3S2/c1-5-8-9-18(6-2)16-29-24(31)21(34-25(29)33)14-19-17(4)20(15-26)23(30)28(7-3)22(19)27-10-12-32-13-11-27/h14,18H,5-13,16H2,1-4H3/b21-14-. The Morgan fingerprint density at radius 3 is 2.53 bits per heavy atom. The van der Waals surface area contributed by atoms with E-state index in [4.69, 9.17) is 17.0 Å². The van der Waals surface area contributed by atoms with Crippen molar-refractivity contribution < 1.29 is 9.53 Å². The highest BCUT2D eigenvalue weighted by molar-refractivity contribution is 8.26. The summed E-state index contributed by atoms with van der Waals surface area (Å²) in [6, 6.07) is 2.08. The van der Waals surface area contributed by atoms with Gasteiger partial charge in [0.15, 0.2) is 0 Å². The van der Waals surface area contributed by atoms with Gasteiger partial charge in [0, 0.05) is 31.7 Å². The molecule has 0 bridgehead atoms. The number of anilines is 1. The van der Waals surface area contributed by atoms with Gasteiger partial charge in [-0.3, -0.25) is 19.1 Å². The van der Waals surface area contributed by atoms with Crippen molar-refractivity contribution in [2.75, 3.05) is 37.7 Å². The van der Waals surface area contributed by atoms with E-state index in [0.717, 1.165) is 37.1 Å². The maximum Gasteiger partial charge on any atom is 0.270 e. The lowest BCUT2D eigenvalue weighted by Gasteiger charge is -2.33. The predicted molar refractivity (Wildman–Crippen MR) is 142 cm³/mol. The summed E-state index contributed by atoms with van der Waals surface area (Å²) in [5, 5.41) is 9.72. The van der Waals surface area contributed by atoms with Gasteiger partial charge in [0.25, 0.3) is 11.5 Å². The minimum absolute atomic E-state index is 0.0926. The van der Waals surface area contributed by atoms with Crippen LogP contribution in [0.15, 0.2) is 9.70 Å². The van der Waals surface area contributed by atoms with Crippen molar-refractivity contribution in [1.29, 1.82) is 5.26 Å². The van der Waals surface area contributed by atoms with E-state index < -0.39 is 0 Å². The first-order chi connectivity index (χ1) is 16.4. The lowest BCUT2D eigenvalue weighted by molar-refractivity contribution is -0.122. The average Bonchev–Trinajstić information content (AvgIpc) is 3.11. The number of aromatic nitrogens is 1. The summed E-state index contributed by atoms with van der Waals surface area (Å²) in [5.41, 5.74) is 1.15. The Hall–Kier alpha value is -2.15. The lowest BCUT2D eigenvalue weighted by Crippen LogP contribution is -2.41. The zero-order valence-corrected chi connectivity index (χ0v) is 22.2. The molecule has 0 spiro atoms. The molecule has 3 heterocycles. The van der Waals surface area contributed by atoms with Crippen molar-refractivity contribution >= 4 is 46.1 Å². The molecule has 2 aliphatic rings. The zero-order valence-electron chi connectivity index (χ0n) is 20.6. The van der Waals surface area contributed by atoms with Crippen LogP contribution in [0.25, 0.3) is 6.08 Å². The van der Waals surface area contributed by atoms with Gasteiger partial charge in [-0.1, -0.05) is 57.1 Å². The number of rotatable bonds is 9. The number of nitriles is 1. The maximum atomic E-state index is 13.4. The predicted octanol–water partition coefficient (Wildman–Crippen LogP) is 4.30. The van der Waals surface area contributed by atoms with Gasteiger partial charge in [0.2, 0.25) is 0 Å². The van der Waals surface area contributed by atoms with Gasteiger partial charge in [0.1, 0.15) is 21.8 Å². The number of pyridine rings is 1. The van der Waals surface area contributed by atoms with E-state index in [-0.39, 0.29) is 17.0 Å². The number of nitrogens with zero attached hydrogens (tertiary/aromatic N) is 4. The summed E-state index contributed by atoms with van der Waals surface area (Å²) >= 11 is 6.89. The third kappa shape index (κ3) is 5.40. The number of hydrogen-bond donors (Lipinski definition) is 0. The zero-order chi connectivity index (χ0) is 24.8. The Bertz CT molecular complexity index is 1070. The first kappa shape index (κ1) is 26.5. The number of amides is 1. The van der Waals surface area contributed by atoms with E-state index in [1.165, 1.54) is 11.8 Å². The molecule has 0 aromatic carbocycles. The second kappa shape index (κ2) is 12.0. The molecule has 2 fully saturated rings. The number of unbranched alkanes of at least 4 members (excludes halogenated alkanes) is 1. The summed E-state index contributed by atoms with van der Waals surface area (Å²) in [4.78, 5) is 30.9. The molecule has 3 rings (SSSR count). The summed E-state index contributed by atoms with van der Waals surface area (Å²) in [6.07, 6.45) is 6.19. The van der Waals surface area contributed by atoms with Gasteiger partial charge >= 0.3 is 0 Å². The van der Waals surface area contributed by atoms with Crippen LogP contribution in [0.5, 0.6) is 0 Å². The minimum atomic E-state index is -0.296. The van der Waals surface area contributed by atoms with Gasteiger partial charge in [0.05, 0.1) is 18.1 Å². The average molecular weight is 503 g/mol. The molecule has 0 aliphatic carbocycles.